The Kier molecular flexibility index (Phi) is 3.25. The van der Waals surface area contributed by atoms with Gasteiger partial charge in [0.05, 0.1) is 0 Å². The molecule has 0 unspecified atom stereocenters. The van der Waals surface area contributed by atoms with E-state index in [0.29, 0.717) is 11.5 Å². The van der Waals surface area contributed by atoms with Crippen molar-refractivity contribution in [3.63, 3.8) is 0 Å². The van der Waals surface area contributed by atoms with Crippen LogP contribution >= 0.6 is 0 Å². The average Bonchev–Trinajstić information content (AvgIpc) is 2.16. The van der Waals surface area contributed by atoms with Crippen LogP contribution in [0.3, 0.4) is 0 Å². The molecule has 0 saturated carbocycles. The Hall–Kier alpha value is -1.35. The monoisotopic (exact) mass is 192 g/mol. The van der Waals surface area contributed by atoms with Crippen molar-refractivity contribution in [2.24, 2.45) is 17.4 Å². The van der Waals surface area contributed by atoms with Crippen LogP contribution in [0.25, 0.3) is 0 Å². The van der Waals surface area contributed by atoms with E-state index in [1.54, 1.807) is 18.2 Å². The van der Waals surface area contributed by atoms with E-state index in [2.05, 4.69) is 0 Å². The van der Waals surface area contributed by atoms with E-state index in [-0.39, 0.29) is 6.04 Å². The minimum Gasteiger partial charge on any atom is -0.366 e. The third kappa shape index (κ3) is 2.33. The molecule has 0 fully saturated rings. The lowest BCUT2D eigenvalue weighted by Crippen LogP contribution is -2.18. The predicted octanol–water partition coefficient (Wildman–Crippen LogP) is 1.44. The predicted molar refractivity (Wildman–Crippen MR) is 56.7 cm³/mol. The van der Waals surface area contributed by atoms with E-state index in [4.69, 9.17) is 11.5 Å². The second-order valence-electron chi connectivity index (χ2n) is 3.76. The Balaban J connectivity index is 2.99. The second-order valence-corrected chi connectivity index (χ2v) is 3.76. The molecule has 3 nitrogen and oxygen atoms in total. The van der Waals surface area contributed by atoms with Gasteiger partial charge in [0.2, 0.25) is 5.91 Å². The molecular formula is C11H16N2O. The van der Waals surface area contributed by atoms with Crippen molar-refractivity contribution in [1.82, 2.24) is 0 Å². The van der Waals surface area contributed by atoms with Crippen LogP contribution in [0, 0.1) is 5.92 Å². The highest BCUT2D eigenvalue weighted by atomic mass is 16.1. The van der Waals surface area contributed by atoms with Gasteiger partial charge in [-0.05, 0) is 23.6 Å². The number of carbonyl (C=O) groups excluding carboxylic acids is 1. The minimum absolute atomic E-state index is 0.0469. The summed E-state index contributed by atoms with van der Waals surface area (Å²) in [6, 6.07) is 7.12. The third-order valence-electron chi connectivity index (χ3n) is 2.27. The SMILES string of the molecule is CC(C)[C@H](N)c1cccc(C(N)=O)c1. The summed E-state index contributed by atoms with van der Waals surface area (Å²) in [4.78, 5) is 10.9. The fourth-order valence-electron chi connectivity index (χ4n) is 1.28. The quantitative estimate of drug-likeness (QED) is 0.760. The van der Waals surface area contributed by atoms with Crippen molar-refractivity contribution in [3.05, 3.63) is 35.4 Å². The first kappa shape index (κ1) is 10.7. The van der Waals surface area contributed by atoms with Gasteiger partial charge in [0.25, 0.3) is 0 Å². The molecule has 0 heterocycles. The van der Waals surface area contributed by atoms with Crippen molar-refractivity contribution in [2.45, 2.75) is 19.9 Å². The first-order valence-corrected chi connectivity index (χ1v) is 4.67. The Morgan fingerprint density at radius 1 is 1.36 bits per heavy atom. The highest BCUT2D eigenvalue weighted by Crippen LogP contribution is 2.19. The van der Waals surface area contributed by atoms with E-state index in [0.717, 1.165) is 5.56 Å². The van der Waals surface area contributed by atoms with Crippen molar-refractivity contribution in [3.8, 4) is 0 Å². The molecule has 1 atom stereocenters. The topological polar surface area (TPSA) is 69.1 Å². The Morgan fingerprint density at radius 3 is 2.50 bits per heavy atom. The van der Waals surface area contributed by atoms with Gasteiger partial charge in [0.15, 0.2) is 0 Å². The first-order valence-electron chi connectivity index (χ1n) is 4.67. The van der Waals surface area contributed by atoms with Gasteiger partial charge in [-0.15, -0.1) is 0 Å². The largest absolute Gasteiger partial charge is 0.366 e. The number of rotatable bonds is 3. The lowest BCUT2D eigenvalue weighted by molar-refractivity contribution is 0.1000. The van der Waals surface area contributed by atoms with Gasteiger partial charge >= 0.3 is 0 Å². The maximum Gasteiger partial charge on any atom is 0.248 e. The third-order valence-corrected chi connectivity index (χ3v) is 2.27. The summed E-state index contributed by atoms with van der Waals surface area (Å²) in [5, 5.41) is 0. The van der Waals surface area contributed by atoms with E-state index in [9.17, 15) is 4.79 Å². The lowest BCUT2D eigenvalue weighted by Gasteiger charge is -2.16. The molecule has 0 aliphatic carbocycles. The van der Waals surface area contributed by atoms with Crippen molar-refractivity contribution in [2.75, 3.05) is 0 Å². The average molecular weight is 192 g/mol. The lowest BCUT2D eigenvalue weighted by atomic mass is 9.95. The molecule has 0 aliphatic heterocycles. The van der Waals surface area contributed by atoms with Crippen molar-refractivity contribution < 1.29 is 4.79 Å². The molecular weight excluding hydrogens is 176 g/mol. The zero-order valence-corrected chi connectivity index (χ0v) is 8.53. The summed E-state index contributed by atoms with van der Waals surface area (Å²) in [6.07, 6.45) is 0. The first-order chi connectivity index (χ1) is 6.52. The summed E-state index contributed by atoms with van der Waals surface area (Å²) in [7, 11) is 0. The molecule has 4 N–H and O–H groups in total. The number of hydrogen-bond donors (Lipinski definition) is 2. The molecule has 0 spiro atoms. The highest BCUT2D eigenvalue weighted by molar-refractivity contribution is 5.92. The van der Waals surface area contributed by atoms with E-state index in [1.165, 1.54) is 0 Å². The van der Waals surface area contributed by atoms with Gasteiger partial charge in [0, 0.05) is 11.6 Å². The van der Waals surface area contributed by atoms with Crippen LogP contribution in [0.4, 0.5) is 0 Å². The minimum atomic E-state index is -0.414. The van der Waals surface area contributed by atoms with Crippen LogP contribution in [0.2, 0.25) is 0 Å². The van der Waals surface area contributed by atoms with Gasteiger partial charge in [-0.3, -0.25) is 4.79 Å². The Labute approximate surface area is 84.1 Å². The molecule has 14 heavy (non-hydrogen) atoms. The van der Waals surface area contributed by atoms with Gasteiger partial charge in [-0.1, -0.05) is 26.0 Å². The van der Waals surface area contributed by atoms with Crippen LogP contribution in [0.15, 0.2) is 24.3 Å². The molecule has 0 bridgehead atoms. The van der Waals surface area contributed by atoms with Crippen molar-refractivity contribution >= 4 is 5.91 Å². The van der Waals surface area contributed by atoms with Gasteiger partial charge in [-0.2, -0.15) is 0 Å². The standard InChI is InChI=1S/C11H16N2O/c1-7(2)10(12)8-4-3-5-9(6-8)11(13)14/h3-7,10H,12H2,1-2H3,(H2,13,14)/t10-/m0/s1. The van der Waals surface area contributed by atoms with Crippen LogP contribution in [-0.4, -0.2) is 5.91 Å². The maximum absolute atomic E-state index is 10.9. The Morgan fingerprint density at radius 2 is 2.00 bits per heavy atom. The van der Waals surface area contributed by atoms with Crippen LogP contribution in [0.1, 0.15) is 35.8 Å². The molecule has 0 saturated heterocycles. The summed E-state index contributed by atoms with van der Waals surface area (Å²) in [5.74, 6) is -0.0686. The summed E-state index contributed by atoms with van der Waals surface area (Å²) in [5.41, 5.74) is 12.6. The molecule has 0 radical (unpaired) electrons. The van der Waals surface area contributed by atoms with Crippen LogP contribution in [-0.2, 0) is 0 Å². The molecule has 3 heteroatoms. The second kappa shape index (κ2) is 4.24. The Bertz CT molecular complexity index is 334. The number of benzene rings is 1. The molecule has 1 rings (SSSR count). The van der Waals surface area contributed by atoms with Crippen LogP contribution < -0.4 is 11.5 Å². The smallest absolute Gasteiger partial charge is 0.248 e. The molecule has 1 aromatic carbocycles. The fraction of sp³-hybridized carbons (Fsp3) is 0.364. The molecule has 76 valence electrons. The maximum atomic E-state index is 10.9. The molecule has 1 amide bonds. The fourth-order valence-corrected chi connectivity index (χ4v) is 1.28. The highest BCUT2D eigenvalue weighted by Gasteiger charge is 2.11. The number of nitrogens with two attached hydrogens (primary N) is 2. The summed E-state index contributed by atoms with van der Waals surface area (Å²) < 4.78 is 0. The number of hydrogen-bond acceptors (Lipinski definition) is 2. The normalized spacial score (nSPS) is 12.9. The zero-order valence-electron chi connectivity index (χ0n) is 8.53. The summed E-state index contributed by atoms with van der Waals surface area (Å²) >= 11 is 0. The van der Waals surface area contributed by atoms with Gasteiger partial charge in [0.1, 0.15) is 0 Å². The van der Waals surface area contributed by atoms with Crippen LogP contribution in [0.5, 0.6) is 0 Å². The van der Waals surface area contributed by atoms with E-state index >= 15 is 0 Å². The summed E-state index contributed by atoms with van der Waals surface area (Å²) in [6.45, 7) is 4.09. The van der Waals surface area contributed by atoms with E-state index < -0.39 is 5.91 Å². The van der Waals surface area contributed by atoms with Gasteiger partial charge < -0.3 is 11.5 Å². The molecule has 1 aromatic rings. The molecule has 0 aliphatic rings. The number of primary amides is 1. The van der Waals surface area contributed by atoms with Gasteiger partial charge in [-0.25, -0.2) is 0 Å². The zero-order chi connectivity index (χ0) is 10.7. The molecule has 0 aromatic heterocycles. The van der Waals surface area contributed by atoms with Crippen molar-refractivity contribution in [1.29, 1.82) is 0 Å². The number of carbonyl (C=O) groups is 1. The van der Waals surface area contributed by atoms with E-state index in [1.807, 2.05) is 19.9 Å². The number of amides is 1.